The average Bonchev–Trinajstić information content (AvgIpc) is 3.14. The van der Waals surface area contributed by atoms with Gasteiger partial charge >= 0.3 is 5.97 Å². The van der Waals surface area contributed by atoms with Crippen LogP contribution in [0.4, 0.5) is 4.39 Å². The second-order valence-corrected chi connectivity index (χ2v) is 6.49. The Morgan fingerprint density at radius 1 is 1.35 bits per heavy atom. The zero-order chi connectivity index (χ0) is 17.0. The summed E-state index contributed by atoms with van der Waals surface area (Å²) in [6, 6.07) is -1.17. The lowest BCUT2D eigenvalue weighted by molar-refractivity contribution is -0.160. The predicted molar refractivity (Wildman–Crippen MR) is 77.3 cm³/mol. The van der Waals surface area contributed by atoms with Crippen molar-refractivity contribution in [1.82, 2.24) is 9.96 Å². The molecule has 130 valence electrons. The summed E-state index contributed by atoms with van der Waals surface area (Å²) < 4.78 is 13.6. The molecule has 1 aliphatic heterocycles. The van der Waals surface area contributed by atoms with Crippen LogP contribution < -0.4 is 0 Å². The zero-order valence-electron chi connectivity index (χ0n) is 12.9. The SMILES string of the molecule is O=CN(O)CC(CC1CCCC1)C(=O)N1CC(F)CC1C(=O)O. The first-order chi connectivity index (χ1) is 10.9. The second-order valence-electron chi connectivity index (χ2n) is 6.49. The van der Waals surface area contributed by atoms with Crippen LogP contribution in [0.2, 0.25) is 0 Å². The summed E-state index contributed by atoms with van der Waals surface area (Å²) in [5.74, 6) is -2.11. The molecular formula is C15H23FN2O5. The summed E-state index contributed by atoms with van der Waals surface area (Å²) in [7, 11) is 0. The van der Waals surface area contributed by atoms with E-state index >= 15 is 0 Å². The van der Waals surface area contributed by atoms with Crippen LogP contribution >= 0.6 is 0 Å². The number of hydrogen-bond acceptors (Lipinski definition) is 4. The van der Waals surface area contributed by atoms with Crippen LogP contribution in [-0.4, -0.2) is 63.9 Å². The number of hydroxylamine groups is 2. The first-order valence-electron chi connectivity index (χ1n) is 8.00. The first-order valence-corrected chi connectivity index (χ1v) is 8.00. The quantitative estimate of drug-likeness (QED) is 0.413. The molecule has 2 amide bonds. The van der Waals surface area contributed by atoms with Crippen molar-refractivity contribution in [3.8, 4) is 0 Å². The zero-order valence-corrected chi connectivity index (χ0v) is 12.9. The van der Waals surface area contributed by atoms with Crippen LogP contribution in [0.25, 0.3) is 0 Å². The number of carbonyl (C=O) groups is 3. The number of hydrogen-bond donors (Lipinski definition) is 2. The van der Waals surface area contributed by atoms with Gasteiger partial charge in [-0.3, -0.25) is 14.8 Å². The van der Waals surface area contributed by atoms with E-state index in [4.69, 9.17) is 5.11 Å². The molecule has 0 aromatic heterocycles. The lowest BCUT2D eigenvalue weighted by Gasteiger charge is -2.29. The van der Waals surface area contributed by atoms with Crippen LogP contribution in [0.5, 0.6) is 0 Å². The molecule has 0 aromatic carbocycles. The van der Waals surface area contributed by atoms with Gasteiger partial charge in [0.05, 0.1) is 19.0 Å². The van der Waals surface area contributed by atoms with Crippen LogP contribution in [0, 0.1) is 11.8 Å². The van der Waals surface area contributed by atoms with Gasteiger partial charge in [-0.1, -0.05) is 25.7 Å². The van der Waals surface area contributed by atoms with E-state index < -0.39 is 30.0 Å². The lowest BCUT2D eigenvalue weighted by Crippen LogP contribution is -2.46. The van der Waals surface area contributed by atoms with Gasteiger partial charge in [0, 0.05) is 6.42 Å². The summed E-state index contributed by atoms with van der Waals surface area (Å²) in [5.41, 5.74) is 0. The minimum atomic E-state index is -1.36. The number of likely N-dealkylation sites (tertiary alicyclic amines) is 1. The topological polar surface area (TPSA) is 98.2 Å². The van der Waals surface area contributed by atoms with E-state index in [9.17, 15) is 24.0 Å². The molecule has 0 aromatic rings. The summed E-state index contributed by atoms with van der Waals surface area (Å²) in [4.78, 5) is 35.6. The fourth-order valence-corrected chi connectivity index (χ4v) is 3.67. The van der Waals surface area contributed by atoms with E-state index in [1.165, 1.54) is 0 Å². The Kier molecular flexibility index (Phi) is 5.92. The normalized spacial score (nSPS) is 26.3. The molecule has 2 rings (SSSR count). The summed E-state index contributed by atoms with van der Waals surface area (Å²) >= 11 is 0. The number of nitrogens with zero attached hydrogens (tertiary/aromatic N) is 2. The van der Waals surface area contributed by atoms with Gasteiger partial charge < -0.3 is 10.0 Å². The largest absolute Gasteiger partial charge is 0.480 e. The molecule has 23 heavy (non-hydrogen) atoms. The second kappa shape index (κ2) is 7.72. The van der Waals surface area contributed by atoms with E-state index in [-0.39, 0.29) is 25.9 Å². The third-order valence-electron chi connectivity index (χ3n) is 4.79. The molecule has 1 saturated heterocycles. The van der Waals surface area contributed by atoms with Gasteiger partial charge in [0.15, 0.2) is 0 Å². The number of aliphatic carboxylic acids is 1. The monoisotopic (exact) mass is 330 g/mol. The highest BCUT2D eigenvalue weighted by molar-refractivity contribution is 5.86. The van der Waals surface area contributed by atoms with E-state index in [1.807, 2.05) is 0 Å². The molecule has 0 radical (unpaired) electrons. The Hall–Kier alpha value is -1.70. The smallest absolute Gasteiger partial charge is 0.326 e. The molecule has 0 bridgehead atoms. The number of rotatable bonds is 7. The van der Waals surface area contributed by atoms with Crippen molar-refractivity contribution < 1.29 is 29.1 Å². The molecular weight excluding hydrogens is 307 g/mol. The summed E-state index contributed by atoms with van der Waals surface area (Å²) in [6.45, 7) is -0.442. The number of carboxylic acids is 1. The molecule has 3 atom stereocenters. The van der Waals surface area contributed by atoms with Crippen molar-refractivity contribution >= 4 is 18.3 Å². The molecule has 2 fully saturated rings. The molecule has 1 aliphatic carbocycles. The van der Waals surface area contributed by atoms with Crippen molar-refractivity contribution in [2.45, 2.75) is 50.7 Å². The number of carbonyl (C=O) groups excluding carboxylic acids is 2. The maximum atomic E-state index is 13.6. The van der Waals surface area contributed by atoms with Gasteiger partial charge in [-0.2, -0.15) is 0 Å². The molecule has 2 aliphatic rings. The molecule has 8 heteroatoms. The fraction of sp³-hybridized carbons (Fsp3) is 0.800. The number of halogens is 1. The van der Waals surface area contributed by atoms with E-state index in [1.54, 1.807) is 0 Å². The van der Waals surface area contributed by atoms with Gasteiger partial charge in [0.2, 0.25) is 12.3 Å². The maximum Gasteiger partial charge on any atom is 0.326 e. The summed E-state index contributed by atoms with van der Waals surface area (Å²) in [6.07, 6.45) is 3.23. The highest BCUT2D eigenvalue weighted by Crippen LogP contribution is 2.32. The number of amides is 2. The van der Waals surface area contributed by atoms with Crippen LogP contribution in [0.15, 0.2) is 0 Å². The number of carboxylic acid groups (broad SMARTS) is 1. The third-order valence-corrected chi connectivity index (χ3v) is 4.79. The first kappa shape index (κ1) is 17.7. The Bertz CT molecular complexity index is 455. The van der Waals surface area contributed by atoms with Crippen LogP contribution in [0.1, 0.15) is 38.5 Å². The fourth-order valence-electron chi connectivity index (χ4n) is 3.67. The van der Waals surface area contributed by atoms with E-state index in [0.29, 0.717) is 17.4 Å². The lowest BCUT2D eigenvalue weighted by atomic mass is 9.91. The van der Waals surface area contributed by atoms with Crippen molar-refractivity contribution in [3.63, 3.8) is 0 Å². The van der Waals surface area contributed by atoms with Crippen molar-refractivity contribution in [2.75, 3.05) is 13.1 Å². The minimum Gasteiger partial charge on any atom is -0.480 e. The van der Waals surface area contributed by atoms with Crippen molar-refractivity contribution in [3.05, 3.63) is 0 Å². The van der Waals surface area contributed by atoms with Crippen LogP contribution in [0.3, 0.4) is 0 Å². The average molecular weight is 330 g/mol. The summed E-state index contributed by atoms with van der Waals surface area (Å²) in [5, 5.41) is 19.0. The standard InChI is InChI=1S/C15H23FN2O5/c16-12-6-13(15(21)22)18(8-12)14(20)11(7-17(23)9-19)5-10-3-1-2-4-10/h9-13,23H,1-8H2,(H,21,22). The van der Waals surface area contributed by atoms with Gasteiger partial charge in [-0.15, -0.1) is 0 Å². The van der Waals surface area contributed by atoms with Gasteiger partial charge in [0.1, 0.15) is 12.2 Å². The number of alkyl halides is 1. The van der Waals surface area contributed by atoms with Gasteiger partial charge in [0.25, 0.3) is 0 Å². The Labute approximate surface area is 134 Å². The van der Waals surface area contributed by atoms with Crippen LogP contribution in [-0.2, 0) is 14.4 Å². The van der Waals surface area contributed by atoms with E-state index in [0.717, 1.165) is 30.6 Å². The Morgan fingerprint density at radius 2 is 2.00 bits per heavy atom. The highest BCUT2D eigenvalue weighted by Gasteiger charge is 2.42. The van der Waals surface area contributed by atoms with Gasteiger partial charge in [-0.05, 0) is 12.3 Å². The highest BCUT2D eigenvalue weighted by atomic mass is 19.1. The Balaban J connectivity index is 2.10. The maximum absolute atomic E-state index is 13.6. The molecule has 1 heterocycles. The van der Waals surface area contributed by atoms with E-state index in [2.05, 4.69) is 0 Å². The predicted octanol–water partition coefficient (Wildman–Crippen LogP) is 1.05. The molecule has 7 nitrogen and oxygen atoms in total. The molecule has 1 saturated carbocycles. The van der Waals surface area contributed by atoms with Crippen molar-refractivity contribution in [2.24, 2.45) is 11.8 Å². The molecule has 3 unspecified atom stereocenters. The van der Waals surface area contributed by atoms with Gasteiger partial charge in [-0.25, -0.2) is 14.2 Å². The molecule has 2 N–H and O–H groups in total. The Morgan fingerprint density at radius 3 is 2.57 bits per heavy atom. The third kappa shape index (κ3) is 4.40. The minimum absolute atomic E-state index is 0.196. The molecule has 0 spiro atoms. The van der Waals surface area contributed by atoms with Crippen molar-refractivity contribution in [1.29, 1.82) is 0 Å².